The number of esters is 2. The Balaban J connectivity index is 1.94. The number of aliphatic hydroxyl groups excluding tert-OH is 1. The van der Waals surface area contributed by atoms with Crippen molar-refractivity contribution in [3.63, 3.8) is 0 Å². The second-order valence-electron chi connectivity index (χ2n) is 8.39. The molecule has 2 aromatic rings. The molecule has 1 fully saturated rings. The largest absolute Gasteiger partial charge is 0.494 e. The summed E-state index contributed by atoms with van der Waals surface area (Å²) in [6.07, 6.45) is -2.44. The second kappa shape index (κ2) is 11.7. The van der Waals surface area contributed by atoms with Gasteiger partial charge in [-0.05, 0) is 48.2 Å². The number of carbonyl (C=O) groups excluding carboxylic acids is 2. The Labute approximate surface area is 204 Å². The monoisotopic (exact) mass is 490 g/mol. The molecule has 1 saturated heterocycles. The van der Waals surface area contributed by atoms with E-state index in [1.54, 1.807) is 19.1 Å². The SMILES string of the molecule is CCOc1ccc(Cc2cc([C@@H]3O[C@H](CO)[C@@H](C)[C@H](OC(C)=O)[C@H]3OC(C)=O)ccc2Cl)cc1. The highest BCUT2D eigenvalue weighted by Crippen LogP contribution is 2.39. The van der Waals surface area contributed by atoms with Gasteiger partial charge >= 0.3 is 11.9 Å². The summed E-state index contributed by atoms with van der Waals surface area (Å²) in [5, 5.41) is 10.5. The van der Waals surface area contributed by atoms with E-state index in [4.69, 9.17) is 30.5 Å². The van der Waals surface area contributed by atoms with Crippen molar-refractivity contribution < 1.29 is 33.6 Å². The van der Waals surface area contributed by atoms with Gasteiger partial charge in [-0.25, -0.2) is 0 Å². The number of carbonyl (C=O) groups is 2. The van der Waals surface area contributed by atoms with Gasteiger partial charge in [0, 0.05) is 24.8 Å². The first-order valence-electron chi connectivity index (χ1n) is 11.3. The molecule has 0 aromatic heterocycles. The van der Waals surface area contributed by atoms with Crippen LogP contribution in [-0.2, 0) is 30.2 Å². The number of rotatable bonds is 8. The third-order valence-corrected chi connectivity index (χ3v) is 6.23. The normalized spacial score (nSPS) is 24.4. The summed E-state index contributed by atoms with van der Waals surface area (Å²) in [6, 6.07) is 13.2. The summed E-state index contributed by atoms with van der Waals surface area (Å²) in [7, 11) is 0. The fraction of sp³-hybridized carbons (Fsp3) is 0.462. The molecule has 0 bridgehead atoms. The van der Waals surface area contributed by atoms with E-state index in [9.17, 15) is 14.7 Å². The average molecular weight is 491 g/mol. The number of ether oxygens (including phenoxy) is 4. The maximum absolute atomic E-state index is 11.9. The van der Waals surface area contributed by atoms with Gasteiger partial charge in [-0.2, -0.15) is 0 Å². The molecule has 0 unspecified atom stereocenters. The molecular weight excluding hydrogens is 460 g/mol. The van der Waals surface area contributed by atoms with Crippen molar-refractivity contribution in [3.05, 3.63) is 64.2 Å². The number of hydrogen-bond acceptors (Lipinski definition) is 7. The van der Waals surface area contributed by atoms with E-state index in [0.717, 1.165) is 16.9 Å². The van der Waals surface area contributed by atoms with Crippen LogP contribution in [0.1, 0.15) is 50.5 Å². The first-order chi connectivity index (χ1) is 16.2. The zero-order valence-electron chi connectivity index (χ0n) is 19.8. The third-order valence-electron chi connectivity index (χ3n) is 5.86. The van der Waals surface area contributed by atoms with Crippen LogP contribution in [0.2, 0.25) is 5.02 Å². The Morgan fingerprint density at radius 3 is 2.26 bits per heavy atom. The molecule has 0 aliphatic carbocycles. The van der Waals surface area contributed by atoms with Gasteiger partial charge in [-0.3, -0.25) is 9.59 Å². The summed E-state index contributed by atoms with van der Waals surface area (Å²) in [4.78, 5) is 23.7. The van der Waals surface area contributed by atoms with E-state index >= 15 is 0 Å². The van der Waals surface area contributed by atoms with Crippen LogP contribution in [0.15, 0.2) is 42.5 Å². The zero-order chi connectivity index (χ0) is 24.8. The van der Waals surface area contributed by atoms with Crippen molar-refractivity contribution in [1.82, 2.24) is 0 Å². The predicted molar refractivity (Wildman–Crippen MR) is 127 cm³/mol. The Morgan fingerprint density at radius 1 is 1.03 bits per heavy atom. The van der Waals surface area contributed by atoms with E-state index in [1.165, 1.54) is 13.8 Å². The maximum Gasteiger partial charge on any atom is 0.303 e. The number of aliphatic hydroxyl groups is 1. The van der Waals surface area contributed by atoms with E-state index in [2.05, 4.69) is 0 Å². The van der Waals surface area contributed by atoms with E-state index in [1.807, 2.05) is 37.3 Å². The number of halogens is 1. The maximum atomic E-state index is 11.9. The molecular formula is C26H31ClO7. The molecule has 184 valence electrons. The van der Waals surface area contributed by atoms with Crippen LogP contribution in [-0.4, -0.2) is 48.6 Å². The van der Waals surface area contributed by atoms with Crippen molar-refractivity contribution >= 4 is 23.5 Å². The lowest BCUT2D eigenvalue weighted by atomic mass is 9.85. The van der Waals surface area contributed by atoms with Crippen LogP contribution in [0.3, 0.4) is 0 Å². The molecule has 3 rings (SSSR count). The molecule has 0 spiro atoms. The first kappa shape index (κ1) is 26.0. The molecule has 2 aromatic carbocycles. The molecule has 1 heterocycles. The minimum absolute atomic E-state index is 0.269. The van der Waals surface area contributed by atoms with Crippen molar-refractivity contribution in [2.75, 3.05) is 13.2 Å². The number of hydrogen-bond donors (Lipinski definition) is 1. The van der Waals surface area contributed by atoms with E-state index in [0.29, 0.717) is 23.6 Å². The second-order valence-corrected chi connectivity index (χ2v) is 8.80. The van der Waals surface area contributed by atoms with Crippen LogP contribution < -0.4 is 4.74 Å². The van der Waals surface area contributed by atoms with Crippen LogP contribution in [0.5, 0.6) is 5.75 Å². The lowest BCUT2D eigenvalue weighted by Gasteiger charge is -2.44. The average Bonchev–Trinajstić information content (AvgIpc) is 2.79. The summed E-state index contributed by atoms with van der Waals surface area (Å²) in [5.41, 5.74) is 2.61. The lowest BCUT2D eigenvalue weighted by molar-refractivity contribution is -0.230. The van der Waals surface area contributed by atoms with Gasteiger partial charge < -0.3 is 24.1 Å². The lowest BCUT2D eigenvalue weighted by Crippen LogP contribution is -2.54. The molecule has 8 heteroatoms. The predicted octanol–water partition coefficient (Wildman–Crippen LogP) is 4.26. The van der Waals surface area contributed by atoms with E-state index < -0.39 is 36.4 Å². The van der Waals surface area contributed by atoms with Gasteiger partial charge in [0.15, 0.2) is 6.10 Å². The van der Waals surface area contributed by atoms with Gasteiger partial charge in [0.2, 0.25) is 0 Å². The van der Waals surface area contributed by atoms with Crippen LogP contribution in [0.4, 0.5) is 0 Å². The molecule has 1 N–H and O–H groups in total. The molecule has 5 atom stereocenters. The van der Waals surface area contributed by atoms with Gasteiger partial charge in [0.25, 0.3) is 0 Å². The highest BCUT2D eigenvalue weighted by Gasteiger charge is 2.48. The zero-order valence-corrected chi connectivity index (χ0v) is 20.6. The summed E-state index contributed by atoms with van der Waals surface area (Å²) in [6.45, 7) is 6.65. The van der Waals surface area contributed by atoms with Gasteiger partial charge in [-0.15, -0.1) is 0 Å². The third kappa shape index (κ3) is 6.29. The Kier molecular flexibility index (Phi) is 8.94. The molecule has 7 nitrogen and oxygen atoms in total. The minimum atomic E-state index is -0.876. The highest BCUT2D eigenvalue weighted by molar-refractivity contribution is 6.31. The minimum Gasteiger partial charge on any atom is -0.494 e. The summed E-state index contributed by atoms with van der Waals surface area (Å²) >= 11 is 6.50. The van der Waals surface area contributed by atoms with Crippen LogP contribution >= 0.6 is 11.6 Å². The smallest absolute Gasteiger partial charge is 0.303 e. The molecule has 1 aliphatic heterocycles. The standard InChI is InChI=1S/C26H31ClO7/c1-5-31-21-9-6-18(7-10-21)12-20-13-19(8-11-22(20)27)25-26(33-17(4)30)24(32-16(3)29)15(2)23(14-28)34-25/h6-11,13,15,23-26,28H,5,12,14H2,1-4H3/t15-,23-,24+,25+,26-/m1/s1. The van der Waals surface area contributed by atoms with Gasteiger partial charge in [-0.1, -0.05) is 42.8 Å². The van der Waals surface area contributed by atoms with Crippen LogP contribution in [0.25, 0.3) is 0 Å². The van der Waals surface area contributed by atoms with Crippen molar-refractivity contribution in [3.8, 4) is 5.75 Å². The first-order valence-corrected chi connectivity index (χ1v) is 11.7. The highest BCUT2D eigenvalue weighted by atomic mass is 35.5. The van der Waals surface area contributed by atoms with E-state index in [-0.39, 0.29) is 12.5 Å². The summed E-state index contributed by atoms with van der Waals surface area (Å²) in [5.74, 6) is -0.607. The summed E-state index contributed by atoms with van der Waals surface area (Å²) < 4.78 is 22.8. The fourth-order valence-electron chi connectivity index (χ4n) is 4.23. The molecule has 0 radical (unpaired) electrons. The number of benzene rings is 2. The topological polar surface area (TPSA) is 91.3 Å². The van der Waals surface area contributed by atoms with Crippen LogP contribution in [0, 0.1) is 5.92 Å². The Bertz CT molecular complexity index is 991. The molecule has 1 aliphatic rings. The molecule has 34 heavy (non-hydrogen) atoms. The van der Waals surface area contributed by atoms with Crippen molar-refractivity contribution in [1.29, 1.82) is 0 Å². The quantitative estimate of drug-likeness (QED) is 0.553. The fourth-order valence-corrected chi connectivity index (χ4v) is 4.42. The van der Waals surface area contributed by atoms with Crippen molar-refractivity contribution in [2.24, 2.45) is 5.92 Å². The Morgan fingerprint density at radius 2 is 1.68 bits per heavy atom. The van der Waals surface area contributed by atoms with Gasteiger partial charge in [0.05, 0.1) is 19.3 Å². The van der Waals surface area contributed by atoms with Crippen molar-refractivity contribution in [2.45, 2.75) is 58.5 Å². The van der Waals surface area contributed by atoms with Gasteiger partial charge in [0.1, 0.15) is 18.0 Å². The molecule has 0 amide bonds. The Hall–Kier alpha value is -2.61. The molecule has 0 saturated carbocycles.